The quantitative estimate of drug-likeness (QED) is 0.538. The first-order valence-electron chi connectivity index (χ1n) is 2.02. The Morgan fingerprint density at radius 3 is 3.11 bits per heavy atom. The number of hydrogen-bond donors (Lipinski definition) is 0. The van der Waals surface area contributed by atoms with Crippen molar-refractivity contribution in [1.82, 2.24) is 4.98 Å². The minimum Gasteiger partial charge on any atom is -0.225 e. The van der Waals surface area contributed by atoms with E-state index < -0.39 is 0 Å². The van der Waals surface area contributed by atoms with Gasteiger partial charge in [0.25, 0.3) is 0 Å². The van der Waals surface area contributed by atoms with Crippen LogP contribution in [0.15, 0.2) is 15.0 Å². The summed E-state index contributed by atoms with van der Waals surface area (Å²) < 4.78 is 0.950. The molecule has 0 amide bonds. The van der Waals surface area contributed by atoms with Gasteiger partial charge in [-0.15, -0.1) is 0 Å². The van der Waals surface area contributed by atoms with Crippen molar-refractivity contribution < 1.29 is 0 Å². The van der Waals surface area contributed by atoms with Gasteiger partial charge in [0.15, 0.2) is 0 Å². The van der Waals surface area contributed by atoms with Gasteiger partial charge in [0.2, 0.25) is 5.13 Å². The van der Waals surface area contributed by atoms with Crippen molar-refractivity contribution >= 4 is 49.8 Å². The van der Waals surface area contributed by atoms with Crippen molar-refractivity contribution in [3.63, 3.8) is 0 Å². The first-order chi connectivity index (χ1) is 4.33. The molecule has 0 bridgehead atoms. The van der Waals surface area contributed by atoms with Crippen LogP contribution in [0.1, 0.15) is 0 Å². The first kappa shape index (κ1) is 7.02. The Labute approximate surface area is 69.8 Å². The van der Waals surface area contributed by atoms with Crippen LogP contribution in [0.5, 0.6) is 0 Å². The minimum absolute atomic E-state index is 0.636. The third-order valence-electron chi connectivity index (χ3n) is 0.607. The van der Waals surface area contributed by atoms with Gasteiger partial charge in [-0.25, -0.2) is 4.98 Å². The number of halogens is 1. The number of hydrogen-bond acceptors (Lipinski definition) is 4. The molecule has 0 aliphatic carbocycles. The lowest BCUT2D eigenvalue weighted by Gasteiger charge is -1.70. The number of thiazole rings is 1. The van der Waals surface area contributed by atoms with Gasteiger partial charge in [-0.05, 0) is 28.1 Å². The Morgan fingerprint density at radius 1 is 1.89 bits per heavy atom. The third-order valence-corrected chi connectivity index (χ3v) is 2.07. The van der Waals surface area contributed by atoms with E-state index in [1.807, 2.05) is 0 Å². The van der Waals surface area contributed by atoms with E-state index in [0.717, 1.165) is 3.79 Å². The van der Waals surface area contributed by atoms with Crippen LogP contribution in [0.4, 0.5) is 5.13 Å². The second kappa shape index (κ2) is 3.17. The highest BCUT2D eigenvalue weighted by Crippen LogP contribution is 2.24. The summed E-state index contributed by atoms with van der Waals surface area (Å²) in [6, 6.07) is 0. The molecule has 0 aromatic carbocycles. The van der Waals surface area contributed by atoms with Crippen molar-refractivity contribution in [2.45, 2.75) is 0 Å². The Hall–Kier alpha value is -0.0900. The van der Waals surface area contributed by atoms with E-state index in [1.54, 1.807) is 6.20 Å². The van der Waals surface area contributed by atoms with Gasteiger partial charge in [0, 0.05) is 0 Å². The SMILES string of the molecule is S=C=Nc1ncc(Br)s1. The topological polar surface area (TPSA) is 25.2 Å². The molecule has 1 aromatic heterocycles. The van der Waals surface area contributed by atoms with Crippen LogP contribution in [-0.2, 0) is 0 Å². The van der Waals surface area contributed by atoms with Crippen LogP contribution in [0.3, 0.4) is 0 Å². The average molecular weight is 221 g/mol. The molecule has 0 aliphatic heterocycles. The maximum Gasteiger partial charge on any atom is 0.219 e. The molecule has 0 N–H and O–H groups in total. The summed E-state index contributed by atoms with van der Waals surface area (Å²) in [6.45, 7) is 0. The van der Waals surface area contributed by atoms with Crippen LogP contribution in [0.2, 0.25) is 0 Å². The molecular formula is C4HBrN2S2. The number of rotatable bonds is 1. The van der Waals surface area contributed by atoms with Gasteiger partial charge in [0.1, 0.15) is 0 Å². The molecule has 0 spiro atoms. The fourth-order valence-corrected chi connectivity index (χ4v) is 1.49. The van der Waals surface area contributed by atoms with E-state index in [4.69, 9.17) is 0 Å². The van der Waals surface area contributed by atoms with Gasteiger partial charge >= 0.3 is 0 Å². The first-order valence-corrected chi connectivity index (χ1v) is 4.04. The average Bonchev–Trinajstić information content (AvgIpc) is 2.17. The Balaban J connectivity index is 2.97. The smallest absolute Gasteiger partial charge is 0.219 e. The highest BCUT2D eigenvalue weighted by molar-refractivity contribution is 9.11. The largest absolute Gasteiger partial charge is 0.225 e. The molecule has 0 saturated carbocycles. The molecule has 1 aromatic rings. The van der Waals surface area contributed by atoms with E-state index in [0.29, 0.717) is 5.13 Å². The van der Waals surface area contributed by atoms with E-state index in [9.17, 15) is 0 Å². The Morgan fingerprint density at radius 2 is 2.67 bits per heavy atom. The van der Waals surface area contributed by atoms with Gasteiger partial charge in [-0.3, -0.25) is 0 Å². The van der Waals surface area contributed by atoms with Crippen LogP contribution < -0.4 is 0 Å². The zero-order valence-electron chi connectivity index (χ0n) is 4.17. The Kier molecular flexibility index (Phi) is 2.48. The highest BCUT2D eigenvalue weighted by atomic mass is 79.9. The zero-order chi connectivity index (χ0) is 6.69. The summed E-state index contributed by atoms with van der Waals surface area (Å²) in [6.07, 6.45) is 1.68. The van der Waals surface area contributed by atoms with Gasteiger partial charge < -0.3 is 0 Å². The summed E-state index contributed by atoms with van der Waals surface area (Å²) in [4.78, 5) is 7.55. The number of aliphatic imine (C=N–C) groups is 1. The molecule has 46 valence electrons. The summed E-state index contributed by atoms with van der Waals surface area (Å²) in [5.74, 6) is 0. The fraction of sp³-hybridized carbons (Fsp3) is 0. The van der Waals surface area contributed by atoms with Crippen LogP contribution >= 0.6 is 39.5 Å². The van der Waals surface area contributed by atoms with Gasteiger partial charge in [-0.1, -0.05) is 11.3 Å². The van der Waals surface area contributed by atoms with Crippen molar-refractivity contribution in [2.24, 2.45) is 4.99 Å². The summed E-state index contributed by atoms with van der Waals surface area (Å²) in [5, 5.41) is 2.87. The maximum absolute atomic E-state index is 4.38. The lowest BCUT2D eigenvalue weighted by Crippen LogP contribution is -1.52. The molecule has 0 fully saturated rings. The molecule has 1 rings (SSSR count). The minimum atomic E-state index is 0.636. The predicted octanol–water partition coefficient (Wildman–Crippen LogP) is 2.64. The van der Waals surface area contributed by atoms with Crippen LogP contribution in [0, 0.1) is 0 Å². The molecule has 0 unspecified atom stereocenters. The number of nitrogens with zero attached hydrogens (tertiary/aromatic N) is 2. The molecular weight excluding hydrogens is 220 g/mol. The van der Waals surface area contributed by atoms with E-state index in [1.165, 1.54) is 11.3 Å². The normalized spacial score (nSPS) is 8.56. The second-order valence-electron chi connectivity index (χ2n) is 1.15. The highest BCUT2D eigenvalue weighted by Gasteiger charge is 1.93. The molecule has 9 heavy (non-hydrogen) atoms. The maximum atomic E-state index is 4.38. The summed E-state index contributed by atoms with van der Waals surface area (Å²) in [5.41, 5.74) is 0. The lowest BCUT2D eigenvalue weighted by atomic mass is 11.0. The van der Waals surface area contributed by atoms with E-state index in [-0.39, 0.29) is 0 Å². The van der Waals surface area contributed by atoms with Crippen molar-refractivity contribution in [1.29, 1.82) is 0 Å². The van der Waals surface area contributed by atoms with Gasteiger partial charge in [0.05, 0.1) is 15.1 Å². The van der Waals surface area contributed by atoms with Crippen molar-refractivity contribution in [3.05, 3.63) is 9.98 Å². The molecule has 0 saturated heterocycles. The standard InChI is InChI=1S/C4HBrN2S2/c5-3-1-6-4(9-3)7-2-8/h1H. The predicted molar refractivity (Wildman–Crippen MR) is 44.5 cm³/mol. The summed E-state index contributed by atoms with van der Waals surface area (Å²) in [7, 11) is 0. The molecule has 5 heteroatoms. The second-order valence-corrected chi connectivity index (χ2v) is 3.72. The number of aromatic nitrogens is 1. The molecule has 0 radical (unpaired) electrons. The molecule has 1 heterocycles. The zero-order valence-corrected chi connectivity index (χ0v) is 7.39. The Bertz CT molecular complexity index is 251. The number of isothiocyanates is 1. The van der Waals surface area contributed by atoms with Gasteiger partial charge in [-0.2, -0.15) is 4.99 Å². The lowest BCUT2D eigenvalue weighted by molar-refractivity contribution is 1.36. The van der Waals surface area contributed by atoms with Crippen molar-refractivity contribution in [2.75, 3.05) is 0 Å². The van der Waals surface area contributed by atoms with E-state index >= 15 is 0 Å². The summed E-state index contributed by atoms with van der Waals surface area (Å²) >= 11 is 9.04. The van der Waals surface area contributed by atoms with E-state index in [2.05, 4.69) is 43.3 Å². The van der Waals surface area contributed by atoms with Crippen molar-refractivity contribution in [3.8, 4) is 0 Å². The molecule has 0 atom stereocenters. The molecule has 0 aliphatic rings. The van der Waals surface area contributed by atoms with Crippen LogP contribution in [0.25, 0.3) is 0 Å². The molecule has 2 nitrogen and oxygen atoms in total. The third kappa shape index (κ3) is 1.95. The van der Waals surface area contributed by atoms with Crippen LogP contribution in [-0.4, -0.2) is 10.1 Å². The monoisotopic (exact) mass is 220 g/mol. The fourth-order valence-electron chi connectivity index (χ4n) is 0.337. The number of thiocarbonyl (C=S) groups is 1.